The highest BCUT2D eigenvalue weighted by atomic mass is 127. The van der Waals surface area contributed by atoms with Crippen molar-refractivity contribution in [1.82, 2.24) is 4.90 Å². The quantitative estimate of drug-likeness (QED) is 0.821. The van der Waals surface area contributed by atoms with Crippen molar-refractivity contribution in [2.75, 3.05) is 6.54 Å². The zero-order chi connectivity index (χ0) is 12.4. The van der Waals surface area contributed by atoms with E-state index in [0.29, 0.717) is 12.6 Å². The van der Waals surface area contributed by atoms with Crippen LogP contribution < -0.4 is 5.73 Å². The summed E-state index contributed by atoms with van der Waals surface area (Å²) >= 11 is 3.86. The number of amides is 1. The summed E-state index contributed by atoms with van der Waals surface area (Å²) in [4.78, 5) is 14.5. The molecule has 1 aromatic heterocycles. The van der Waals surface area contributed by atoms with Gasteiger partial charge in [0.25, 0.3) is 5.91 Å². The van der Waals surface area contributed by atoms with Gasteiger partial charge in [0.15, 0.2) is 0 Å². The van der Waals surface area contributed by atoms with Crippen LogP contribution in [0.4, 0.5) is 0 Å². The zero-order valence-electron chi connectivity index (χ0n) is 9.86. The van der Waals surface area contributed by atoms with Crippen LogP contribution in [0.5, 0.6) is 0 Å². The largest absolute Gasteiger partial charge is 0.332 e. The maximum absolute atomic E-state index is 12.5. The minimum Gasteiger partial charge on any atom is -0.332 e. The van der Waals surface area contributed by atoms with E-state index >= 15 is 0 Å². The molecule has 1 amide bonds. The van der Waals surface area contributed by atoms with E-state index < -0.39 is 0 Å². The van der Waals surface area contributed by atoms with Crippen molar-refractivity contribution in [3.63, 3.8) is 0 Å². The Morgan fingerprint density at radius 2 is 2.41 bits per heavy atom. The van der Waals surface area contributed by atoms with Crippen LogP contribution in [0, 0.1) is 2.88 Å². The van der Waals surface area contributed by atoms with E-state index in [4.69, 9.17) is 5.73 Å². The molecular formula is C12H17IN2OS. The molecule has 1 aliphatic rings. The molecule has 5 heteroatoms. The van der Waals surface area contributed by atoms with Crippen LogP contribution in [0.3, 0.4) is 0 Å². The molecule has 0 bridgehead atoms. The number of thiophene rings is 1. The number of rotatable bonds is 2. The highest BCUT2D eigenvalue weighted by Crippen LogP contribution is 2.26. The molecule has 0 aliphatic carbocycles. The number of nitrogens with two attached hydrogens (primary N) is 1. The fourth-order valence-corrected chi connectivity index (χ4v) is 3.78. The predicted octanol–water partition coefficient (Wildman–Crippen LogP) is 2.69. The number of carbonyl (C=O) groups is 1. The van der Waals surface area contributed by atoms with Gasteiger partial charge in [-0.05, 0) is 54.8 Å². The number of hydrogen-bond acceptors (Lipinski definition) is 3. The zero-order valence-corrected chi connectivity index (χ0v) is 12.8. The first-order valence-electron chi connectivity index (χ1n) is 5.90. The Bertz CT molecular complexity index is 407. The van der Waals surface area contributed by atoms with Gasteiger partial charge in [0.05, 0.1) is 8.45 Å². The van der Waals surface area contributed by atoms with Crippen molar-refractivity contribution in [3.8, 4) is 0 Å². The molecule has 1 aliphatic heterocycles. The molecule has 3 nitrogen and oxygen atoms in total. The second kappa shape index (κ2) is 5.67. The maximum Gasteiger partial charge on any atom is 0.255 e. The minimum absolute atomic E-state index is 0.145. The Morgan fingerprint density at radius 1 is 1.65 bits per heavy atom. The molecule has 2 N–H and O–H groups in total. The SMILES string of the molecule is CC1CCCC(CN)N1C(=O)c1csc(I)c1. The monoisotopic (exact) mass is 364 g/mol. The van der Waals surface area contributed by atoms with E-state index in [9.17, 15) is 4.79 Å². The molecule has 0 aromatic carbocycles. The third-order valence-corrected chi connectivity index (χ3v) is 5.14. The summed E-state index contributed by atoms with van der Waals surface area (Å²) in [6, 6.07) is 2.48. The molecule has 1 aromatic rings. The van der Waals surface area contributed by atoms with Crippen LogP contribution in [-0.4, -0.2) is 29.4 Å². The summed E-state index contributed by atoms with van der Waals surface area (Å²) in [6.45, 7) is 2.69. The number of likely N-dealkylation sites (tertiary alicyclic amines) is 1. The fourth-order valence-electron chi connectivity index (χ4n) is 2.46. The molecule has 2 heterocycles. The number of halogens is 1. The molecule has 94 valence electrons. The Morgan fingerprint density at radius 3 is 3.00 bits per heavy atom. The lowest BCUT2D eigenvalue weighted by Gasteiger charge is -2.40. The lowest BCUT2D eigenvalue weighted by Crippen LogP contribution is -2.51. The average molecular weight is 364 g/mol. The van der Waals surface area contributed by atoms with Gasteiger partial charge in [-0.3, -0.25) is 4.79 Å². The van der Waals surface area contributed by atoms with Gasteiger partial charge < -0.3 is 10.6 Å². The Balaban J connectivity index is 2.21. The van der Waals surface area contributed by atoms with Crippen LogP contribution >= 0.6 is 33.9 Å². The summed E-state index contributed by atoms with van der Waals surface area (Å²) < 4.78 is 1.15. The van der Waals surface area contributed by atoms with Gasteiger partial charge in [0.1, 0.15) is 0 Å². The van der Waals surface area contributed by atoms with Crippen molar-refractivity contribution in [2.45, 2.75) is 38.3 Å². The first kappa shape index (κ1) is 13.3. The second-order valence-corrected chi connectivity index (χ2v) is 7.33. The van der Waals surface area contributed by atoms with Gasteiger partial charge in [0.2, 0.25) is 0 Å². The lowest BCUT2D eigenvalue weighted by molar-refractivity contribution is 0.0494. The highest BCUT2D eigenvalue weighted by molar-refractivity contribution is 14.1. The average Bonchev–Trinajstić information content (AvgIpc) is 2.74. The topological polar surface area (TPSA) is 46.3 Å². The number of carbonyl (C=O) groups excluding carboxylic acids is 1. The Labute approximate surface area is 120 Å². The molecule has 0 saturated carbocycles. The van der Waals surface area contributed by atoms with E-state index in [1.165, 1.54) is 6.42 Å². The maximum atomic E-state index is 12.5. The van der Waals surface area contributed by atoms with Gasteiger partial charge in [-0.15, -0.1) is 11.3 Å². The van der Waals surface area contributed by atoms with Crippen molar-refractivity contribution in [2.24, 2.45) is 5.73 Å². The second-order valence-electron chi connectivity index (χ2n) is 4.52. The first-order valence-corrected chi connectivity index (χ1v) is 7.86. The summed E-state index contributed by atoms with van der Waals surface area (Å²) in [5.41, 5.74) is 6.60. The van der Waals surface area contributed by atoms with Gasteiger partial charge in [0, 0.05) is 24.0 Å². The Kier molecular flexibility index (Phi) is 4.43. The molecule has 2 unspecified atom stereocenters. The molecule has 1 fully saturated rings. The van der Waals surface area contributed by atoms with E-state index in [1.54, 1.807) is 11.3 Å². The molecule has 0 radical (unpaired) electrons. The van der Waals surface area contributed by atoms with Gasteiger partial charge in [-0.2, -0.15) is 0 Å². The first-order chi connectivity index (χ1) is 8.13. The number of piperidine rings is 1. The predicted molar refractivity (Wildman–Crippen MR) is 79.4 cm³/mol. The van der Waals surface area contributed by atoms with Gasteiger partial charge >= 0.3 is 0 Å². The van der Waals surface area contributed by atoms with Crippen molar-refractivity contribution in [3.05, 3.63) is 19.9 Å². The number of nitrogens with zero attached hydrogens (tertiary/aromatic N) is 1. The van der Waals surface area contributed by atoms with Gasteiger partial charge in [-0.1, -0.05) is 0 Å². The van der Waals surface area contributed by atoms with Crippen molar-refractivity contribution in [1.29, 1.82) is 0 Å². The number of hydrogen-bond donors (Lipinski definition) is 1. The summed E-state index contributed by atoms with van der Waals surface area (Å²) in [5, 5.41) is 1.94. The van der Waals surface area contributed by atoms with Crippen LogP contribution in [0.15, 0.2) is 11.4 Å². The van der Waals surface area contributed by atoms with E-state index in [0.717, 1.165) is 21.3 Å². The van der Waals surface area contributed by atoms with E-state index in [2.05, 4.69) is 29.5 Å². The van der Waals surface area contributed by atoms with Crippen molar-refractivity contribution >= 4 is 39.8 Å². The van der Waals surface area contributed by atoms with Gasteiger partial charge in [-0.25, -0.2) is 0 Å². The minimum atomic E-state index is 0.145. The van der Waals surface area contributed by atoms with Crippen LogP contribution in [0.25, 0.3) is 0 Å². The molecule has 1 saturated heterocycles. The van der Waals surface area contributed by atoms with Crippen LogP contribution in [0.2, 0.25) is 0 Å². The smallest absolute Gasteiger partial charge is 0.255 e. The molecule has 0 spiro atoms. The molecule has 2 atom stereocenters. The lowest BCUT2D eigenvalue weighted by atomic mass is 9.95. The third-order valence-electron chi connectivity index (χ3n) is 3.35. The van der Waals surface area contributed by atoms with Crippen LogP contribution in [-0.2, 0) is 0 Å². The summed E-state index contributed by atoms with van der Waals surface area (Å²) in [5.74, 6) is 0.145. The third kappa shape index (κ3) is 2.82. The molecular weight excluding hydrogens is 347 g/mol. The summed E-state index contributed by atoms with van der Waals surface area (Å²) in [6.07, 6.45) is 3.30. The fraction of sp³-hybridized carbons (Fsp3) is 0.583. The normalized spacial score (nSPS) is 25.0. The Hall–Kier alpha value is -0.140. The standard InChI is InChI=1S/C12H17IN2OS/c1-8-3-2-4-10(6-14)15(8)12(16)9-5-11(13)17-7-9/h5,7-8,10H,2-4,6,14H2,1H3. The van der Waals surface area contributed by atoms with E-state index in [1.807, 2.05) is 16.3 Å². The van der Waals surface area contributed by atoms with E-state index in [-0.39, 0.29) is 11.9 Å². The molecule has 2 rings (SSSR count). The highest BCUT2D eigenvalue weighted by Gasteiger charge is 2.31. The summed E-state index contributed by atoms with van der Waals surface area (Å²) in [7, 11) is 0. The van der Waals surface area contributed by atoms with Crippen molar-refractivity contribution < 1.29 is 4.79 Å². The molecule has 17 heavy (non-hydrogen) atoms. The van der Waals surface area contributed by atoms with Crippen LogP contribution in [0.1, 0.15) is 36.5 Å².